The van der Waals surface area contributed by atoms with Crippen molar-refractivity contribution in [2.75, 3.05) is 0 Å². The summed E-state index contributed by atoms with van der Waals surface area (Å²) in [5.74, 6) is -1.12. The topological polar surface area (TPSA) is 99.4 Å². The summed E-state index contributed by atoms with van der Waals surface area (Å²) in [6, 6.07) is 8.20. The summed E-state index contributed by atoms with van der Waals surface area (Å²) in [5, 5.41) is 21.2. The molecule has 0 radical (unpaired) electrons. The second-order valence-corrected chi connectivity index (χ2v) is 5.84. The lowest BCUT2D eigenvalue weighted by atomic mass is 9.83. The molecular weight excluding hydrogens is 296 g/mol. The summed E-state index contributed by atoms with van der Waals surface area (Å²) >= 11 is 0. The van der Waals surface area contributed by atoms with Gasteiger partial charge in [-0.1, -0.05) is 25.3 Å². The monoisotopic (exact) mass is 316 g/mol. The Labute approximate surface area is 135 Å². The van der Waals surface area contributed by atoms with Gasteiger partial charge in [-0.25, -0.2) is 4.79 Å². The molecule has 1 unspecified atom stereocenters. The molecule has 1 aromatic carbocycles. The second kappa shape index (κ2) is 7.14. The van der Waals surface area contributed by atoms with Gasteiger partial charge in [-0.2, -0.15) is 5.26 Å². The van der Waals surface area contributed by atoms with E-state index in [-0.39, 0.29) is 11.5 Å². The Hall–Kier alpha value is -2.55. The molecule has 0 aromatic heterocycles. The molecule has 1 amide bonds. The number of hydrogen-bond acceptors (Lipinski definition) is 4. The zero-order valence-electron chi connectivity index (χ0n) is 13.0. The maximum atomic E-state index is 12.3. The molecule has 0 spiro atoms. The number of benzene rings is 1. The predicted molar refractivity (Wildman–Crippen MR) is 83.1 cm³/mol. The number of amides is 1. The lowest BCUT2D eigenvalue weighted by Crippen LogP contribution is -2.52. The number of rotatable bonds is 5. The number of carbonyl (C=O) groups is 2. The van der Waals surface area contributed by atoms with Crippen molar-refractivity contribution < 1.29 is 19.4 Å². The number of hydrogen-bond donors (Lipinski definition) is 2. The van der Waals surface area contributed by atoms with Crippen LogP contribution in [0.4, 0.5) is 0 Å². The Morgan fingerprint density at radius 1 is 1.35 bits per heavy atom. The molecule has 1 aliphatic carbocycles. The normalized spacial score (nSPS) is 17.6. The molecule has 122 valence electrons. The van der Waals surface area contributed by atoms with Crippen LogP contribution in [0.2, 0.25) is 0 Å². The Bertz CT molecular complexity index is 630. The van der Waals surface area contributed by atoms with Gasteiger partial charge in [0, 0.05) is 0 Å². The van der Waals surface area contributed by atoms with Gasteiger partial charge in [0.05, 0.1) is 11.6 Å². The molecule has 1 aliphatic rings. The fourth-order valence-corrected chi connectivity index (χ4v) is 2.72. The number of nitrogens with one attached hydrogen (secondary N) is 1. The molecule has 0 aliphatic heterocycles. The van der Waals surface area contributed by atoms with Gasteiger partial charge < -0.3 is 15.2 Å². The van der Waals surface area contributed by atoms with Crippen molar-refractivity contribution in [1.29, 1.82) is 5.26 Å². The third-order valence-corrected chi connectivity index (χ3v) is 4.05. The van der Waals surface area contributed by atoms with Crippen LogP contribution in [0.15, 0.2) is 24.3 Å². The van der Waals surface area contributed by atoms with Gasteiger partial charge in [-0.15, -0.1) is 0 Å². The van der Waals surface area contributed by atoms with E-state index in [1.54, 1.807) is 19.1 Å². The number of ether oxygens (including phenoxy) is 1. The molecule has 1 aromatic rings. The van der Waals surface area contributed by atoms with E-state index in [1.807, 2.05) is 0 Å². The van der Waals surface area contributed by atoms with Gasteiger partial charge in [0.25, 0.3) is 5.91 Å². The quantitative estimate of drug-likeness (QED) is 0.869. The number of carboxylic acids is 1. The molecule has 23 heavy (non-hydrogen) atoms. The predicted octanol–water partition coefficient (Wildman–Crippen LogP) is 2.49. The van der Waals surface area contributed by atoms with Gasteiger partial charge in [0.2, 0.25) is 0 Å². The number of carboxylic acid groups (broad SMARTS) is 1. The van der Waals surface area contributed by atoms with Crippen LogP contribution in [0.5, 0.6) is 5.75 Å². The van der Waals surface area contributed by atoms with Crippen LogP contribution in [0.3, 0.4) is 0 Å². The second-order valence-electron chi connectivity index (χ2n) is 5.84. The first-order valence-corrected chi connectivity index (χ1v) is 7.69. The highest BCUT2D eigenvalue weighted by atomic mass is 16.5. The molecule has 6 nitrogen and oxygen atoms in total. The van der Waals surface area contributed by atoms with Gasteiger partial charge >= 0.3 is 5.97 Å². The molecule has 0 heterocycles. The van der Waals surface area contributed by atoms with Crippen molar-refractivity contribution >= 4 is 11.9 Å². The molecular formula is C17H20N2O4. The Balaban J connectivity index is 2.01. The molecule has 1 saturated carbocycles. The van der Waals surface area contributed by atoms with Crippen LogP contribution >= 0.6 is 0 Å². The third-order valence-electron chi connectivity index (χ3n) is 4.05. The van der Waals surface area contributed by atoms with E-state index in [1.165, 1.54) is 12.1 Å². The molecule has 1 atom stereocenters. The van der Waals surface area contributed by atoms with E-state index >= 15 is 0 Å². The van der Waals surface area contributed by atoms with Crippen LogP contribution in [0.25, 0.3) is 0 Å². The third kappa shape index (κ3) is 4.22. The van der Waals surface area contributed by atoms with E-state index in [0.29, 0.717) is 18.6 Å². The van der Waals surface area contributed by atoms with E-state index in [0.717, 1.165) is 19.3 Å². The molecule has 2 N–H and O–H groups in total. The van der Waals surface area contributed by atoms with Crippen molar-refractivity contribution in [3.63, 3.8) is 0 Å². The van der Waals surface area contributed by atoms with E-state index < -0.39 is 17.6 Å². The van der Waals surface area contributed by atoms with Crippen molar-refractivity contribution in [1.82, 2.24) is 5.32 Å². The van der Waals surface area contributed by atoms with Crippen molar-refractivity contribution in [3.05, 3.63) is 29.8 Å². The molecule has 0 saturated heterocycles. The number of aromatic carboxylic acids is 1. The SMILES string of the molecule is CC(Oc1cccc(C(=O)O)c1)C(=O)NC1(C#N)CCCCC1. The number of nitriles is 1. The zero-order chi connectivity index (χ0) is 16.9. The summed E-state index contributed by atoms with van der Waals surface area (Å²) in [6.45, 7) is 1.58. The summed E-state index contributed by atoms with van der Waals surface area (Å²) in [4.78, 5) is 23.2. The van der Waals surface area contributed by atoms with E-state index in [2.05, 4.69) is 11.4 Å². The van der Waals surface area contributed by atoms with Crippen LogP contribution in [-0.4, -0.2) is 28.6 Å². The average Bonchev–Trinajstić information content (AvgIpc) is 2.55. The van der Waals surface area contributed by atoms with Crippen LogP contribution in [0.1, 0.15) is 49.4 Å². The average molecular weight is 316 g/mol. The minimum absolute atomic E-state index is 0.0934. The Morgan fingerprint density at radius 2 is 2.04 bits per heavy atom. The largest absolute Gasteiger partial charge is 0.481 e. The van der Waals surface area contributed by atoms with Gasteiger partial charge in [-0.05, 0) is 38.0 Å². The summed E-state index contributed by atoms with van der Waals surface area (Å²) in [5.41, 5.74) is -0.716. The van der Waals surface area contributed by atoms with Crippen molar-refractivity contribution in [2.45, 2.75) is 50.7 Å². The maximum absolute atomic E-state index is 12.3. The molecule has 6 heteroatoms. The fraction of sp³-hybridized carbons (Fsp3) is 0.471. The summed E-state index contributed by atoms with van der Waals surface area (Å²) in [6.07, 6.45) is 3.40. The highest BCUT2D eigenvalue weighted by molar-refractivity contribution is 5.88. The Morgan fingerprint density at radius 3 is 2.65 bits per heavy atom. The van der Waals surface area contributed by atoms with Crippen molar-refractivity contribution in [3.8, 4) is 11.8 Å². The highest BCUT2D eigenvalue weighted by Gasteiger charge is 2.35. The highest BCUT2D eigenvalue weighted by Crippen LogP contribution is 2.27. The molecule has 2 rings (SSSR count). The minimum atomic E-state index is -1.06. The lowest BCUT2D eigenvalue weighted by molar-refractivity contribution is -0.129. The summed E-state index contributed by atoms with van der Waals surface area (Å²) in [7, 11) is 0. The first-order chi connectivity index (χ1) is 11.0. The smallest absolute Gasteiger partial charge is 0.335 e. The van der Waals surface area contributed by atoms with E-state index in [4.69, 9.17) is 9.84 Å². The van der Waals surface area contributed by atoms with Gasteiger partial charge in [0.1, 0.15) is 11.3 Å². The summed E-state index contributed by atoms with van der Waals surface area (Å²) < 4.78 is 5.51. The number of carbonyl (C=O) groups excluding carboxylic acids is 1. The standard InChI is InChI=1S/C17H20N2O4/c1-12(23-14-7-5-6-13(10-14)16(21)22)15(20)19-17(11-18)8-3-2-4-9-17/h5-7,10,12H,2-4,8-9H2,1H3,(H,19,20)(H,21,22). The van der Waals surface area contributed by atoms with Gasteiger partial charge in [0.15, 0.2) is 6.10 Å². The van der Waals surface area contributed by atoms with Crippen LogP contribution in [0, 0.1) is 11.3 Å². The molecule has 0 bridgehead atoms. The zero-order valence-corrected chi connectivity index (χ0v) is 13.0. The molecule has 1 fully saturated rings. The first kappa shape index (κ1) is 16.8. The number of nitrogens with zero attached hydrogens (tertiary/aromatic N) is 1. The maximum Gasteiger partial charge on any atom is 0.335 e. The lowest BCUT2D eigenvalue weighted by Gasteiger charge is -2.32. The van der Waals surface area contributed by atoms with Gasteiger partial charge in [-0.3, -0.25) is 4.79 Å². The van der Waals surface area contributed by atoms with Crippen molar-refractivity contribution in [2.24, 2.45) is 0 Å². The fourth-order valence-electron chi connectivity index (χ4n) is 2.72. The van der Waals surface area contributed by atoms with Crippen LogP contribution < -0.4 is 10.1 Å². The Kier molecular flexibility index (Phi) is 5.22. The minimum Gasteiger partial charge on any atom is -0.481 e. The first-order valence-electron chi connectivity index (χ1n) is 7.69. The van der Waals surface area contributed by atoms with Crippen LogP contribution in [-0.2, 0) is 4.79 Å². The van der Waals surface area contributed by atoms with E-state index in [9.17, 15) is 14.9 Å².